The number of Topliss-reactive ketones (excluding diaryl/α,β-unsaturated/α-hetero) is 2. The summed E-state index contributed by atoms with van der Waals surface area (Å²) in [5.74, 6) is 0.929. The number of carbonyl (C=O) groups is 2. The van der Waals surface area contributed by atoms with Crippen molar-refractivity contribution in [2.24, 2.45) is 23.2 Å². The predicted octanol–water partition coefficient (Wildman–Crippen LogP) is 4.72. The van der Waals surface area contributed by atoms with Gasteiger partial charge in [-0.15, -0.1) is 0 Å². The van der Waals surface area contributed by atoms with E-state index in [1.807, 2.05) is 6.92 Å². The highest BCUT2D eigenvalue weighted by Gasteiger charge is 2.39. The summed E-state index contributed by atoms with van der Waals surface area (Å²) in [6.07, 6.45) is 9.07. The molecule has 0 bridgehead atoms. The zero-order chi connectivity index (χ0) is 18.3. The van der Waals surface area contributed by atoms with E-state index in [9.17, 15) is 14.7 Å². The SMILES string of the molecule is CC1CCC/C=C\[C@H](C)CCC(=O)CC(O)C(C)(C)C(=O)C(C)C1. The van der Waals surface area contributed by atoms with E-state index < -0.39 is 11.5 Å². The van der Waals surface area contributed by atoms with Gasteiger partial charge in [-0.2, -0.15) is 0 Å². The fraction of sp³-hybridized carbons (Fsp3) is 0.810. The molecule has 1 N–H and O–H groups in total. The third kappa shape index (κ3) is 6.51. The van der Waals surface area contributed by atoms with Gasteiger partial charge in [0.1, 0.15) is 11.6 Å². The quantitative estimate of drug-likeness (QED) is 0.651. The van der Waals surface area contributed by atoms with Crippen LogP contribution in [0.5, 0.6) is 0 Å². The molecule has 0 spiro atoms. The standard InChI is InChI=1S/C21H36O3/c1-15-9-7-6-8-10-16(2)13-17(3)20(24)21(4,5)19(23)14-18(22)12-11-15/h7,9,15-17,19,23H,6,8,10-14H2,1-5H3/b9-7-/t15-,16?,17?,19?/m0/s1. The molecular formula is C21H36O3. The van der Waals surface area contributed by atoms with Gasteiger partial charge in [-0.3, -0.25) is 9.59 Å². The molecule has 0 aromatic carbocycles. The van der Waals surface area contributed by atoms with Crippen LogP contribution in [-0.4, -0.2) is 22.8 Å². The number of carbonyl (C=O) groups excluding carboxylic acids is 2. The molecule has 3 unspecified atom stereocenters. The number of ketones is 2. The maximum absolute atomic E-state index is 12.8. The number of hydrogen-bond acceptors (Lipinski definition) is 3. The number of allylic oxidation sites excluding steroid dienone is 2. The summed E-state index contributed by atoms with van der Waals surface area (Å²) in [7, 11) is 0. The highest BCUT2D eigenvalue weighted by Crippen LogP contribution is 2.31. The molecule has 0 fully saturated rings. The summed E-state index contributed by atoms with van der Waals surface area (Å²) < 4.78 is 0. The van der Waals surface area contributed by atoms with Crippen molar-refractivity contribution in [3.63, 3.8) is 0 Å². The van der Waals surface area contributed by atoms with Crippen LogP contribution in [0, 0.1) is 23.2 Å². The number of hydrogen-bond donors (Lipinski definition) is 1. The van der Waals surface area contributed by atoms with Crippen LogP contribution in [0.15, 0.2) is 12.2 Å². The van der Waals surface area contributed by atoms with Crippen LogP contribution in [0.25, 0.3) is 0 Å². The minimum atomic E-state index is -0.894. The fourth-order valence-electron chi connectivity index (χ4n) is 3.60. The molecule has 0 saturated carbocycles. The summed E-state index contributed by atoms with van der Waals surface area (Å²) in [4.78, 5) is 25.0. The fourth-order valence-corrected chi connectivity index (χ4v) is 3.60. The van der Waals surface area contributed by atoms with Gasteiger partial charge in [-0.1, -0.05) is 53.2 Å². The van der Waals surface area contributed by atoms with Crippen molar-refractivity contribution in [3.8, 4) is 0 Å². The monoisotopic (exact) mass is 336 g/mol. The van der Waals surface area contributed by atoms with Gasteiger partial charge in [-0.25, -0.2) is 0 Å². The Morgan fingerprint density at radius 2 is 1.79 bits per heavy atom. The summed E-state index contributed by atoms with van der Waals surface area (Å²) in [6.45, 7) is 9.85. The second kappa shape index (κ2) is 9.50. The molecule has 0 saturated heterocycles. The predicted molar refractivity (Wildman–Crippen MR) is 98.8 cm³/mol. The Bertz CT molecular complexity index is 450. The average molecular weight is 337 g/mol. The van der Waals surface area contributed by atoms with Crippen molar-refractivity contribution >= 4 is 11.6 Å². The molecule has 0 amide bonds. The second-order valence-electron chi connectivity index (χ2n) is 8.46. The maximum atomic E-state index is 12.8. The van der Waals surface area contributed by atoms with Crippen molar-refractivity contribution in [1.82, 2.24) is 0 Å². The molecule has 0 heterocycles. The summed E-state index contributed by atoms with van der Waals surface area (Å²) in [5, 5.41) is 10.5. The van der Waals surface area contributed by atoms with Crippen LogP contribution in [-0.2, 0) is 9.59 Å². The van der Waals surface area contributed by atoms with E-state index in [1.165, 1.54) is 0 Å². The van der Waals surface area contributed by atoms with Gasteiger partial charge in [-0.05, 0) is 37.5 Å². The third-order valence-electron chi connectivity index (χ3n) is 5.50. The molecule has 3 nitrogen and oxygen atoms in total. The van der Waals surface area contributed by atoms with E-state index in [0.717, 1.165) is 32.1 Å². The van der Waals surface area contributed by atoms with Gasteiger partial charge in [0.25, 0.3) is 0 Å². The molecule has 1 aliphatic rings. The van der Waals surface area contributed by atoms with Gasteiger partial charge in [0.15, 0.2) is 0 Å². The number of aliphatic hydroxyl groups excluding tert-OH is 1. The van der Waals surface area contributed by atoms with Gasteiger partial charge in [0.05, 0.1) is 6.10 Å². The average Bonchev–Trinajstić information content (AvgIpc) is 2.50. The first-order valence-electron chi connectivity index (χ1n) is 9.55. The van der Waals surface area contributed by atoms with E-state index in [1.54, 1.807) is 13.8 Å². The summed E-state index contributed by atoms with van der Waals surface area (Å²) in [5.41, 5.74) is -0.864. The van der Waals surface area contributed by atoms with Crippen molar-refractivity contribution in [2.75, 3.05) is 0 Å². The maximum Gasteiger partial charge on any atom is 0.143 e. The lowest BCUT2D eigenvalue weighted by Gasteiger charge is -2.32. The number of aliphatic hydroxyl groups is 1. The van der Waals surface area contributed by atoms with Gasteiger partial charge < -0.3 is 5.11 Å². The van der Waals surface area contributed by atoms with E-state index in [0.29, 0.717) is 18.3 Å². The largest absolute Gasteiger partial charge is 0.392 e. The first-order chi connectivity index (χ1) is 11.1. The minimum absolute atomic E-state index is 0.0525. The first kappa shape index (κ1) is 21.1. The van der Waals surface area contributed by atoms with E-state index in [2.05, 4.69) is 26.0 Å². The van der Waals surface area contributed by atoms with E-state index >= 15 is 0 Å². The van der Waals surface area contributed by atoms with Crippen LogP contribution in [0.4, 0.5) is 0 Å². The lowest BCUT2D eigenvalue weighted by molar-refractivity contribution is -0.139. The van der Waals surface area contributed by atoms with Crippen LogP contribution >= 0.6 is 0 Å². The Morgan fingerprint density at radius 1 is 1.12 bits per heavy atom. The molecule has 0 aliphatic heterocycles. The van der Waals surface area contributed by atoms with Crippen LogP contribution in [0.2, 0.25) is 0 Å². The van der Waals surface area contributed by atoms with Crippen LogP contribution in [0.1, 0.15) is 79.6 Å². The van der Waals surface area contributed by atoms with E-state index in [-0.39, 0.29) is 23.9 Å². The zero-order valence-electron chi connectivity index (χ0n) is 16.2. The molecule has 138 valence electrons. The topological polar surface area (TPSA) is 54.4 Å². The Balaban J connectivity index is 2.87. The second-order valence-corrected chi connectivity index (χ2v) is 8.46. The Kier molecular flexibility index (Phi) is 8.35. The molecule has 4 atom stereocenters. The zero-order valence-corrected chi connectivity index (χ0v) is 16.2. The minimum Gasteiger partial charge on any atom is -0.392 e. The molecule has 3 heteroatoms. The lowest BCUT2D eigenvalue weighted by atomic mass is 9.73. The van der Waals surface area contributed by atoms with Gasteiger partial charge in [0, 0.05) is 24.2 Å². The van der Waals surface area contributed by atoms with Gasteiger partial charge in [0.2, 0.25) is 0 Å². The Morgan fingerprint density at radius 3 is 2.46 bits per heavy atom. The third-order valence-corrected chi connectivity index (χ3v) is 5.50. The molecule has 0 aromatic rings. The van der Waals surface area contributed by atoms with Crippen LogP contribution in [0.3, 0.4) is 0 Å². The van der Waals surface area contributed by atoms with Crippen LogP contribution < -0.4 is 0 Å². The highest BCUT2D eigenvalue weighted by atomic mass is 16.3. The van der Waals surface area contributed by atoms with Gasteiger partial charge >= 0.3 is 0 Å². The molecular weight excluding hydrogens is 300 g/mol. The highest BCUT2D eigenvalue weighted by molar-refractivity contribution is 5.88. The molecule has 1 rings (SSSR count). The summed E-state index contributed by atoms with van der Waals surface area (Å²) in [6, 6.07) is 0. The molecule has 0 radical (unpaired) electrons. The van der Waals surface area contributed by atoms with Crippen molar-refractivity contribution in [1.29, 1.82) is 0 Å². The van der Waals surface area contributed by atoms with E-state index in [4.69, 9.17) is 0 Å². The Labute approximate surface area is 147 Å². The first-order valence-corrected chi connectivity index (χ1v) is 9.55. The normalized spacial score (nSPS) is 35.6. The molecule has 0 aromatic heterocycles. The summed E-state index contributed by atoms with van der Waals surface area (Å²) >= 11 is 0. The smallest absolute Gasteiger partial charge is 0.143 e. The Hall–Kier alpha value is -0.960. The lowest BCUT2D eigenvalue weighted by Crippen LogP contribution is -2.41. The van der Waals surface area contributed by atoms with Crippen molar-refractivity contribution < 1.29 is 14.7 Å². The van der Waals surface area contributed by atoms with Crippen molar-refractivity contribution in [2.45, 2.75) is 85.7 Å². The molecule has 1 aliphatic carbocycles. The number of rotatable bonds is 0. The van der Waals surface area contributed by atoms with Crippen molar-refractivity contribution in [3.05, 3.63) is 12.2 Å². The molecule has 24 heavy (non-hydrogen) atoms.